The first kappa shape index (κ1) is 20.5. The summed E-state index contributed by atoms with van der Waals surface area (Å²) >= 11 is -1.10. The SMILES string of the molecule is C=CC[C@H](C[C@H](C)C[C@H](C)C(=O)OC)N[S+]([O-])C(C)(C)C. The van der Waals surface area contributed by atoms with Crippen molar-refractivity contribution in [2.75, 3.05) is 7.11 Å². The molecule has 0 amide bonds. The van der Waals surface area contributed by atoms with Crippen molar-refractivity contribution in [1.82, 2.24) is 4.72 Å². The molecule has 4 atom stereocenters. The minimum Gasteiger partial charge on any atom is -0.598 e. The van der Waals surface area contributed by atoms with Crippen LogP contribution >= 0.6 is 0 Å². The zero-order chi connectivity index (χ0) is 16.6. The number of carbonyl (C=O) groups excluding carboxylic acids is 1. The van der Waals surface area contributed by atoms with E-state index in [1.807, 2.05) is 33.8 Å². The van der Waals surface area contributed by atoms with Crippen molar-refractivity contribution in [1.29, 1.82) is 0 Å². The largest absolute Gasteiger partial charge is 0.598 e. The molecule has 0 spiro atoms. The van der Waals surface area contributed by atoms with Crippen molar-refractivity contribution in [3.05, 3.63) is 12.7 Å². The highest BCUT2D eigenvalue weighted by molar-refractivity contribution is 7.90. The van der Waals surface area contributed by atoms with Crippen LogP contribution in [0.3, 0.4) is 0 Å². The van der Waals surface area contributed by atoms with Crippen LogP contribution in [0.25, 0.3) is 0 Å². The Balaban J connectivity index is 4.49. The van der Waals surface area contributed by atoms with Gasteiger partial charge in [-0.2, -0.15) is 0 Å². The van der Waals surface area contributed by atoms with Gasteiger partial charge in [-0.3, -0.25) is 4.79 Å². The molecule has 0 fully saturated rings. The van der Waals surface area contributed by atoms with Crippen LogP contribution in [-0.4, -0.2) is 28.4 Å². The highest BCUT2D eigenvalue weighted by Gasteiger charge is 2.29. The van der Waals surface area contributed by atoms with Gasteiger partial charge < -0.3 is 9.29 Å². The van der Waals surface area contributed by atoms with Gasteiger partial charge in [-0.05, 0) is 46.0 Å². The number of rotatable bonds is 9. The lowest BCUT2D eigenvalue weighted by Crippen LogP contribution is -2.45. The lowest BCUT2D eigenvalue weighted by atomic mass is 9.91. The lowest BCUT2D eigenvalue weighted by Gasteiger charge is -2.29. The molecule has 0 rings (SSSR count). The third kappa shape index (κ3) is 8.49. The number of ether oxygens (including phenoxy) is 1. The average molecular weight is 317 g/mol. The van der Waals surface area contributed by atoms with E-state index in [9.17, 15) is 9.35 Å². The molecule has 0 aliphatic carbocycles. The summed E-state index contributed by atoms with van der Waals surface area (Å²) in [5.74, 6) is 0.0596. The van der Waals surface area contributed by atoms with Crippen LogP contribution in [0.4, 0.5) is 0 Å². The van der Waals surface area contributed by atoms with E-state index < -0.39 is 11.4 Å². The molecule has 0 aliphatic rings. The zero-order valence-corrected chi connectivity index (χ0v) is 15.1. The molecule has 0 aromatic carbocycles. The Hall–Kier alpha value is -0.520. The Morgan fingerprint density at radius 1 is 1.38 bits per heavy atom. The fourth-order valence-corrected chi connectivity index (χ4v) is 3.05. The Kier molecular flexibility index (Phi) is 9.25. The van der Waals surface area contributed by atoms with Gasteiger partial charge in [0.2, 0.25) is 0 Å². The van der Waals surface area contributed by atoms with Crippen LogP contribution in [0.5, 0.6) is 0 Å². The summed E-state index contributed by atoms with van der Waals surface area (Å²) < 4.78 is 19.9. The number of carbonyl (C=O) groups is 1. The molecule has 0 aromatic rings. The molecule has 0 aliphatic heterocycles. The van der Waals surface area contributed by atoms with Crippen molar-refractivity contribution in [3.63, 3.8) is 0 Å². The Morgan fingerprint density at radius 2 is 1.95 bits per heavy atom. The monoisotopic (exact) mass is 317 g/mol. The predicted octanol–water partition coefficient (Wildman–Crippen LogP) is 3.21. The second-order valence-corrected chi connectivity index (χ2v) is 8.72. The predicted molar refractivity (Wildman–Crippen MR) is 89.2 cm³/mol. The van der Waals surface area contributed by atoms with E-state index in [0.717, 1.165) is 19.3 Å². The van der Waals surface area contributed by atoms with Gasteiger partial charge in [0, 0.05) is 11.4 Å². The van der Waals surface area contributed by atoms with Crippen LogP contribution in [0.15, 0.2) is 12.7 Å². The topological polar surface area (TPSA) is 61.4 Å². The summed E-state index contributed by atoms with van der Waals surface area (Å²) in [5, 5.41) is 0. The van der Waals surface area contributed by atoms with Gasteiger partial charge >= 0.3 is 5.97 Å². The maximum atomic E-state index is 12.2. The summed E-state index contributed by atoms with van der Waals surface area (Å²) in [4.78, 5) is 11.5. The normalized spacial score (nSPS) is 17.7. The van der Waals surface area contributed by atoms with Gasteiger partial charge in [0.05, 0.1) is 19.1 Å². The van der Waals surface area contributed by atoms with Crippen molar-refractivity contribution in [3.8, 4) is 0 Å². The number of hydrogen-bond acceptors (Lipinski definition) is 4. The Labute approximate surface area is 133 Å². The van der Waals surface area contributed by atoms with E-state index in [-0.39, 0.29) is 22.7 Å². The van der Waals surface area contributed by atoms with Crippen molar-refractivity contribution in [2.24, 2.45) is 11.8 Å². The lowest BCUT2D eigenvalue weighted by molar-refractivity contribution is -0.145. The van der Waals surface area contributed by atoms with Gasteiger partial charge in [0.1, 0.15) is 4.75 Å². The molecular formula is C16H31NO3S. The minimum absolute atomic E-state index is 0.109. The molecule has 0 heterocycles. The standard InChI is InChI=1S/C16H31NO3S/c1-8-9-14(17-21(19)16(4,5)6)11-12(2)10-13(3)15(18)20-7/h8,12-14,17H,1,9-11H2,2-7H3/t12-,13+,14-,21?/m1/s1. The number of hydrogen-bond donors (Lipinski definition) is 1. The van der Waals surface area contributed by atoms with Crippen LogP contribution in [0.1, 0.15) is 53.9 Å². The first-order valence-electron chi connectivity index (χ1n) is 7.48. The molecule has 5 heteroatoms. The molecule has 0 saturated carbocycles. The van der Waals surface area contributed by atoms with Crippen molar-refractivity contribution in [2.45, 2.75) is 64.7 Å². The first-order chi connectivity index (χ1) is 9.61. The maximum absolute atomic E-state index is 12.2. The average Bonchev–Trinajstić information content (AvgIpc) is 2.36. The van der Waals surface area contributed by atoms with Crippen LogP contribution in [-0.2, 0) is 20.9 Å². The van der Waals surface area contributed by atoms with Gasteiger partial charge in [-0.15, -0.1) is 11.3 Å². The quantitative estimate of drug-likeness (QED) is 0.403. The molecule has 1 unspecified atom stereocenters. The van der Waals surface area contributed by atoms with Crippen molar-refractivity contribution < 1.29 is 14.1 Å². The minimum atomic E-state index is -1.10. The molecule has 124 valence electrons. The Morgan fingerprint density at radius 3 is 2.38 bits per heavy atom. The van der Waals surface area contributed by atoms with E-state index in [1.165, 1.54) is 7.11 Å². The van der Waals surface area contributed by atoms with Crippen LogP contribution in [0.2, 0.25) is 0 Å². The molecule has 0 saturated heterocycles. The highest BCUT2D eigenvalue weighted by atomic mass is 32.2. The smallest absolute Gasteiger partial charge is 0.308 e. The maximum Gasteiger partial charge on any atom is 0.308 e. The summed E-state index contributed by atoms with van der Waals surface area (Å²) in [6, 6.07) is 0.113. The zero-order valence-electron chi connectivity index (χ0n) is 14.3. The summed E-state index contributed by atoms with van der Waals surface area (Å²) in [7, 11) is 1.41. The summed E-state index contributed by atoms with van der Waals surface area (Å²) in [6.07, 6.45) is 4.23. The molecule has 21 heavy (non-hydrogen) atoms. The van der Waals surface area contributed by atoms with Crippen LogP contribution in [0, 0.1) is 11.8 Å². The number of esters is 1. The molecule has 0 radical (unpaired) electrons. The van der Waals surface area contributed by atoms with Crippen LogP contribution < -0.4 is 4.72 Å². The third-order valence-electron chi connectivity index (χ3n) is 3.33. The van der Waals surface area contributed by atoms with Gasteiger partial charge in [0.25, 0.3) is 0 Å². The highest BCUT2D eigenvalue weighted by Crippen LogP contribution is 2.21. The van der Waals surface area contributed by atoms with E-state index in [2.05, 4.69) is 18.2 Å². The summed E-state index contributed by atoms with van der Waals surface area (Å²) in [5.41, 5.74) is 0. The van der Waals surface area contributed by atoms with Gasteiger partial charge in [-0.1, -0.05) is 19.9 Å². The van der Waals surface area contributed by atoms with E-state index in [0.29, 0.717) is 5.92 Å². The molecule has 1 N–H and O–H groups in total. The fourth-order valence-electron chi connectivity index (χ4n) is 2.20. The number of nitrogens with one attached hydrogen (secondary N) is 1. The van der Waals surface area contributed by atoms with Gasteiger partial charge in [0.15, 0.2) is 0 Å². The van der Waals surface area contributed by atoms with Crippen molar-refractivity contribution >= 4 is 17.3 Å². The first-order valence-corrected chi connectivity index (χ1v) is 8.63. The van der Waals surface area contributed by atoms with E-state index in [4.69, 9.17) is 4.74 Å². The molecule has 0 bridgehead atoms. The molecule has 4 nitrogen and oxygen atoms in total. The Bertz CT molecular complexity index is 328. The second kappa shape index (κ2) is 9.49. The molecule has 0 aromatic heterocycles. The second-order valence-electron chi connectivity index (χ2n) is 6.72. The van der Waals surface area contributed by atoms with Gasteiger partial charge in [-0.25, -0.2) is 0 Å². The third-order valence-corrected chi connectivity index (χ3v) is 4.99. The fraction of sp³-hybridized carbons (Fsp3) is 0.812. The molecular weight excluding hydrogens is 286 g/mol. The van der Waals surface area contributed by atoms with E-state index >= 15 is 0 Å². The summed E-state index contributed by atoms with van der Waals surface area (Å²) in [6.45, 7) is 13.6. The number of methoxy groups -OCH3 is 1. The van der Waals surface area contributed by atoms with E-state index in [1.54, 1.807) is 0 Å².